The van der Waals surface area contributed by atoms with Gasteiger partial charge in [0.1, 0.15) is 0 Å². The van der Waals surface area contributed by atoms with Crippen LogP contribution in [0.15, 0.2) is 47.4 Å². The van der Waals surface area contributed by atoms with E-state index in [-0.39, 0.29) is 6.04 Å². The highest BCUT2D eigenvalue weighted by atomic mass is 32.2. The SMILES string of the molecule is Cc1cccc(SCC(N)Cc2cc(C)ccc2C)c1. The quantitative estimate of drug-likeness (QED) is 0.830. The number of benzene rings is 2. The second kappa shape index (κ2) is 6.96. The summed E-state index contributed by atoms with van der Waals surface area (Å²) in [5.74, 6) is 0.955. The minimum atomic E-state index is 0.195. The third-order valence-corrected chi connectivity index (χ3v) is 4.62. The first kappa shape index (κ1) is 15.1. The predicted octanol–water partition coefficient (Wildman–Crippen LogP) is 4.27. The van der Waals surface area contributed by atoms with E-state index in [2.05, 4.69) is 63.2 Å². The molecule has 0 fully saturated rings. The highest BCUT2D eigenvalue weighted by Crippen LogP contribution is 2.21. The van der Waals surface area contributed by atoms with Crippen LogP contribution in [-0.2, 0) is 6.42 Å². The molecule has 0 saturated carbocycles. The van der Waals surface area contributed by atoms with Crippen LogP contribution in [0.3, 0.4) is 0 Å². The van der Waals surface area contributed by atoms with Gasteiger partial charge in [-0.1, -0.05) is 41.5 Å². The Morgan fingerprint density at radius 1 is 1.00 bits per heavy atom. The smallest absolute Gasteiger partial charge is 0.0174 e. The molecule has 0 aliphatic heterocycles. The predicted molar refractivity (Wildman–Crippen MR) is 89.5 cm³/mol. The molecule has 0 radical (unpaired) electrons. The molecule has 0 saturated heterocycles. The van der Waals surface area contributed by atoms with E-state index in [1.807, 2.05) is 11.8 Å². The Kier molecular flexibility index (Phi) is 5.27. The van der Waals surface area contributed by atoms with Crippen molar-refractivity contribution < 1.29 is 0 Å². The van der Waals surface area contributed by atoms with Crippen LogP contribution in [0.5, 0.6) is 0 Å². The normalized spacial score (nSPS) is 12.4. The molecule has 0 amide bonds. The minimum absolute atomic E-state index is 0.195. The lowest BCUT2D eigenvalue weighted by atomic mass is 10.00. The zero-order valence-electron chi connectivity index (χ0n) is 12.5. The van der Waals surface area contributed by atoms with Crippen LogP contribution in [0.2, 0.25) is 0 Å². The van der Waals surface area contributed by atoms with Gasteiger partial charge in [-0.3, -0.25) is 0 Å². The molecule has 2 aromatic carbocycles. The van der Waals surface area contributed by atoms with Crippen LogP contribution in [0.25, 0.3) is 0 Å². The Morgan fingerprint density at radius 2 is 1.75 bits per heavy atom. The Hall–Kier alpha value is -1.25. The molecule has 20 heavy (non-hydrogen) atoms. The van der Waals surface area contributed by atoms with Gasteiger partial charge in [-0.05, 0) is 50.5 Å². The molecular weight excluding hydrogens is 262 g/mol. The number of hydrogen-bond donors (Lipinski definition) is 1. The van der Waals surface area contributed by atoms with Crippen LogP contribution in [0, 0.1) is 20.8 Å². The molecule has 106 valence electrons. The van der Waals surface area contributed by atoms with Crippen molar-refractivity contribution >= 4 is 11.8 Å². The summed E-state index contributed by atoms with van der Waals surface area (Å²) in [7, 11) is 0. The van der Waals surface area contributed by atoms with E-state index in [4.69, 9.17) is 5.73 Å². The monoisotopic (exact) mass is 285 g/mol. The zero-order chi connectivity index (χ0) is 14.5. The van der Waals surface area contributed by atoms with E-state index in [1.54, 1.807) is 0 Å². The summed E-state index contributed by atoms with van der Waals surface area (Å²) in [5, 5.41) is 0. The summed E-state index contributed by atoms with van der Waals surface area (Å²) in [6, 6.07) is 15.4. The summed E-state index contributed by atoms with van der Waals surface area (Å²) >= 11 is 1.85. The molecule has 0 heterocycles. The summed E-state index contributed by atoms with van der Waals surface area (Å²) in [4.78, 5) is 1.31. The molecular formula is C18H23NS. The van der Waals surface area contributed by atoms with Crippen molar-refractivity contribution in [1.82, 2.24) is 0 Å². The molecule has 2 heteroatoms. The van der Waals surface area contributed by atoms with Gasteiger partial charge in [0.05, 0.1) is 0 Å². The number of aryl methyl sites for hydroxylation is 3. The summed E-state index contributed by atoms with van der Waals surface area (Å²) < 4.78 is 0. The van der Waals surface area contributed by atoms with E-state index in [0.29, 0.717) is 0 Å². The third-order valence-electron chi connectivity index (χ3n) is 3.44. The highest BCUT2D eigenvalue weighted by molar-refractivity contribution is 7.99. The van der Waals surface area contributed by atoms with Crippen LogP contribution in [0.4, 0.5) is 0 Å². The standard InChI is InChI=1S/C18H23NS/c1-13-5-4-6-18(10-13)20-12-17(19)11-16-9-14(2)7-8-15(16)3/h4-10,17H,11-12,19H2,1-3H3. The lowest BCUT2D eigenvalue weighted by Gasteiger charge is -2.14. The van der Waals surface area contributed by atoms with Crippen molar-refractivity contribution in [3.8, 4) is 0 Å². The molecule has 2 rings (SSSR count). The molecule has 2 aromatic rings. The van der Waals surface area contributed by atoms with Crippen molar-refractivity contribution in [2.45, 2.75) is 38.1 Å². The van der Waals surface area contributed by atoms with E-state index in [9.17, 15) is 0 Å². The Morgan fingerprint density at radius 3 is 2.50 bits per heavy atom. The van der Waals surface area contributed by atoms with Gasteiger partial charge in [0.25, 0.3) is 0 Å². The Balaban J connectivity index is 1.92. The average molecular weight is 285 g/mol. The van der Waals surface area contributed by atoms with E-state index < -0.39 is 0 Å². The lowest BCUT2D eigenvalue weighted by Crippen LogP contribution is -2.26. The van der Waals surface area contributed by atoms with Crippen molar-refractivity contribution in [1.29, 1.82) is 0 Å². The van der Waals surface area contributed by atoms with E-state index >= 15 is 0 Å². The third kappa shape index (κ3) is 4.39. The van der Waals surface area contributed by atoms with Gasteiger partial charge in [-0.25, -0.2) is 0 Å². The maximum Gasteiger partial charge on any atom is 0.0174 e. The zero-order valence-corrected chi connectivity index (χ0v) is 13.3. The van der Waals surface area contributed by atoms with Crippen LogP contribution in [0.1, 0.15) is 22.3 Å². The molecule has 0 spiro atoms. The molecule has 0 aromatic heterocycles. The molecule has 0 aliphatic rings. The topological polar surface area (TPSA) is 26.0 Å². The summed E-state index contributed by atoms with van der Waals surface area (Å²) in [5.41, 5.74) is 11.6. The average Bonchev–Trinajstić information content (AvgIpc) is 2.41. The van der Waals surface area contributed by atoms with Gasteiger partial charge < -0.3 is 5.73 Å². The fraction of sp³-hybridized carbons (Fsp3) is 0.333. The molecule has 1 unspecified atom stereocenters. The maximum atomic E-state index is 6.29. The highest BCUT2D eigenvalue weighted by Gasteiger charge is 2.07. The van der Waals surface area contributed by atoms with Crippen molar-refractivity contribution in [3.05, 3.63) is 64.7 Å². The number of nitrogens with two attached hydrogens (primary N) is 1. The van der Waals surface area contributed by atoms with Crippen molar-refractivity contribution in [2.24, 2.45) is 5.73 Å². The molecule has 1 nitrogen and oxygen atoms in total. The Labute approximate surface area is 126 Å². The first-order valence-electron chi connectivity index (χ1n) is 7.06. The van der Waals surface area contributed by atoms with Gasteiger partial charge in [-0.2, -0.15) is 0 Å². The van der Waals surface area contributed by atoms with Crippen LogP contribution >= 0.6 is 11.8 Å². The molecule has 0 aliphatic carbocycles. The number of hydrogen-bond acceptors (Lipinski definition) is 2. The number of thioether (sulfide) groups is 1. The van der Waals surface area contributed by atoms with E-state index in [0.717, 1.165) is 12.2 Å². The molecule has 1 atom stereocenters. The maximum absolute atomic E-state index is 6.29. The van der Waals surface area contributed by atoms with Crippen LogP contribution < -0.4 is 5.73 Å². The number of rotatable bonds is 5. The van der Waals surface area contributed by atoms with Crippen LogP contribution in [-0.4, -0.2) is 11.8 Å². The minimum Gasteiger partial charge on any atom is -0.327 e. The van der Waals surface area contributed by atoms with Gasteiger partial charge in [0.2, 0.25) is 0 Å². The van der Waals surface area contributed by atoms with Gasteiger partial charge in [0.15, 0.2) is 0 Å². The molecule has 0 bridgehead atoms. The Bertz CT molecular complexity index is 577. The van der Waals surface area contributed by atoms with Gasteiger partial charge in [0, 0.05) is 16.7 Å². The summed E-state index contributed by atoms with van der Waals surface area (Å²) in [6.07, 6.45) is 0.951. The fourth-order valence-corrected chi connectivity index (χ4v) is 3.24. The first-order chi connectivity index (χ1) is 9.54. The summed E-state index contributed by atoms with van der Waals surface area (Å²) in [6.45, 7) is 6.42. The first-order valence-corrected chi connectivity index (χ1v) is 8.04. The lowest BCUT2D eigenvalue weighted by molar-refractivity contribution is 0.744. The van der Waals surface area contributed by atoms with Gasteiger partial charge in [-0.15, -0.1) is 11.8 Å². The van der Waals surface area contributed by atoms with Gasteiger partial charge >= 0.3 is 0 Å². The largest absolute Gasteiger partial charge is 0.327 e. The second-order valence-electron chi connectivity index (χ2n) is 5.52. The van der Waals surface area contributed by atoms with Crippen molar-refractivity contribution in [2.75, 3.05) is 5.75 Å². The van der Waals surface area contributed by atoms with Crippen molar-refractivity contribution in [3.63, 3.8) is 0 Å². The van der Waals surface area contributed by atoms with E-state index in [1.165, 1.54) is 27.1 Å². The fourth-order valence-electron chi connectivity index (χ4n) is 2.27. The second-order valence-corrected chi connectivity index (χ2v) is 6.62. The molecule has 2 N–H and O–H groups in total.